The molecule has 5 heteroatoms. The van der Waals surface area contributed by atoms with E-state index in [0.29, 0.717) is 11.6 Å². The van der Waals surface area contributed by atoms with Crippen LogP contribution < -0.4 is 0 Å². The van der Waals surface area contributed by atoms with Crippen molar-refractivity contribution in [3.63, 3.8) is 0 Å². The molecule has 13 heavy (non-hydrogen) atoms. The molecule has 0 bridgehead atoms. The van der Waals surface area contributed by atoms with E-state index in [9.17, 15) is 17.6 Å². The van der Waals surface area contributed by atoms with Gasteiger partial charge in [-0.25, -0.2) is 8.78 Å². The summed E-state index contributed by atoms with van der Waals surface area (Å²) in [5.41, 5.74) is -0.741. The molecule has 0 unspecified atom stereocenters. The molecule has 0 spiro atoms. The van der Waals surface area contributed by atoms with Gasteiger partial charge in [-0.2, -0.15) is 8.78 Å². The highest BCUT2D eigenvalue weighted by molar-refractivity contribution is 6.23. The van der Waals surface area contributed by atoms with E-state index in [4.69, 9.17) is 0 Å². The van der Waals surface area contributed by atoms with Gasteiger partial charge in [0, 0.05) is 0 Å². The summed E-state index contributed by atoms with van der Waals surface area (Å²) in [6.45, 7) is 3.21. The highest BCUT2D eigenvalue weighted by Gasteiger charge is 2.36. The van der Waals surface area contributed by atoms with Crippen molar-refractivity contribution in [3.8, 4) is 0 Å². The molecule has 0 aliphatic heterocycles. The summed E-state index contributed by atoms with van der Waals surface area (Å²) in [4.78, 5) is 0. The first kappa shape index (κ1) is 12.5. The normalized spacial score (nSPS) is 13.4. The Bertz CT molecular complexity index is 221. The molecule has 0 rings (SSSR count). The monoisotopic (exact) mass is 216 g/mol. The molecular weight excluding hydrogens is 208 g/mol. The van der Waals surface area contributed by atoms with Crippen LogP contribution in [0.3, 0.4) is 0 Å². The van der Waals surface area contributed by atoms with Crippen LogP contribution in [0.25, 0.3) is 0 Å². The maximum atomic E-state index is 12.3. The zero-order chi connectivity index (χ0) is 10.6. The second-order valence-corrected chi connectivity index (χ2v) is 3.14. The predicted molar refractivity (Wildman–Crippen MR) is 44.3 cm³/mol. The minimum atomic E-state index is -3.99. The third kappa shape index (κ3) is 4.93. The molecule has 0 atom stereocenters. The van der Waals surface area contributed by atoms with Crippen LogP contribution in [0.2, 0.25) is 0 Å². The maximum absolute atomic E-state index is 12.3. The Morgan fingerprint density at radius 3 is 1.92 bits per heavy atom. The molecule has 0 aromatic rings. The van der Waals surface area contributed by atoms with E-state index >= 15 is 0 Å². The van der Waals surface area contributed by atoms with E-state index < -0.39 is 17.4 Å². The van der Waals surface area contributed by atoms with Gasteiger partial charge < -0.3 is 0 Å². The van der Waals surface area contributed by atoms with Crippen LogP contribution in [-0.2, 0) is 0 Å². The minimum absolute atomic E-state index is 0.638. The topological polar surface area (TPSA) is 0 Å². The van der Waals surface area contributed by atoms with Crippen LogP contribution in [0.15, 0.2) is 23.3 Å². The summed E-state index contributed by atoms with van der Waals surface area (Å²) >= 11 is 4.47. The van der Waals surface area contributed by atoms with Crippen molar-refractivity contribution in [2.45, 2.75) is 25.7 Å². The Kier molecular flexibility index (Phi) is 4.47. The zero-order valence-electron chi connectivity index (χ0n) is 7.12. The van der Waals surface area contributed by atoms with Crippen LogP contribution >= 0.6 is 11.6 Å². The largest absolute Gasteiger partial charge is 0.350 e. The molecule has 0 aliphatic carbocycles. The third-order valence-electron chi connectivity index (χ3n) is 1.16. The quantitative estimate of drug-likeness (QED) is 0.380. The van der Waals surface area contributed by atoms with Crippen LogP contribution in [0.5, 0.6) is 0 Å². The molecule has 0 amide bonds. The standard InChI is InChI=1S/C8H9ClF4/c1-5(2)3-4-6(7(10)11)8(9,12)13/h3-4,7H,1-2H3. The van der Waals surface area contributed by atoms with Crippen molar-refractivity contribution < 1.29 is 17.6 Å². The van der Waals surface area contributed by atoms with E-state index in [2.05, 4.69) is 11.6 Å². The van der Waals surface area contributed by atoms with Gasteiger partial charge in [0.25, 0.3) is 6.43 Å². The summed E-state index contributed by atoms with van der Waals surface area (Å²) in [6, 6.07) is 0. The molecule has 0 N–H and O–H groups in total. The van der Waals surface area contributed by atoms with Gasteiger partial charge in [-0.05, 0) is 25.4 Å². The van der Waals surface area contributed by atoms with Crippen LogP contribution in [0, 0.1) is 0 Å². The molecule has 0 nitrogen and oxygen atoms in total. The summed E-state index contributed by atoms with van der Waals surface area (Å²) in [7, 11) is 0. The number of allylic oxidation sites excluding steroid dienone is 4. The lowest BCUT2D eigenvalue weighted by atomic mass is 10.2. The zero-order valence-corrected chi connectivity index (χ0v) is 7.88. The van der Waals surface area contributed by atoms with E-state index in [-0.39, 0.29) is 0 Å². The highest BCUT2D eigenvalue weighted by atomic mass is 35.5. The molecule has 76 valence electrons. The van der Waals surface area contributed by atoms with E-state index in [1.165, 1.54) is 0 Å². The molecule has 0 heterocycles. The Labute approximate surface area is 78.9 Å². The molecule has 0 aliphatic rings. The Hall–Kier alpha value is -0.510. The van der Waals surface area contributed by atoms with Crippen molar-refractivity contribution in [1.82, 2.24) is 0 Å². The summed E-state index contributed by atoms with van der Waals surface area (Å²) in [5, 5.41) is -3.99. The third-order valence-corrected chi connectivity index (χ3v) is 1.38. The lowest BCUT2D eigenvalue weighted by Gasteiger charge is -2.10. The number of hydrogen-bond acceptors (Lipinski definition) is 0. The van der Waals surface area contributed by atoms with Gasteiger partial charge in [0.05, 0.1) is 5.57 Å². The fourth-order valence-corrected chi connectivity index (χ4v) is 0.693. The summed E-state index contributed by atoms with van der Waals surface area (Å²) < 4.78 is 48.5. The number of alkyl halides is 5. The van der Waals surface area contributed by atoms with E-state index in [1.807, 2.05) is 0 Å². The summed E-state index contributed by atoms with van der Waals surface area (Å²) in [5.74, 6) is 0. The fourth-order valence-electron chi connectivity index (χ4n) is 0.547. The fraction of sp³-hybridized carbons (Fsp3) is 0.500. The van der Waals surface area contributed by atoms with Crippen molar-refractivity contribution in [2.24, 2.45) is 0 Å². The summed E-state index contributed by atoms with van der Waals surface area (Å²) in [6.07, 6.45) is -1.44. The Balaban J connectivity index is 4.83. The van der Waals surface area contributed by atoms with Gasteiger partial charge in [-0.3, -0.25) is 0 Å². The van der Waals surface area contributed by atoms with Crippen molar-refractivity contribution in [3.05, 3.63) is 23.3 Å². The molecular formula is C8H9ClF4. The maximum Gasteiger partial charge on any atom is 0.350 e. The average molecular weight is 217 g/mol. The van der Waals surface area contributed by atoms with Gasteiger partial charge in [0.15, 0.2) is 0 Å². The molecule has 0 aromatic heterocycles. The predicted octanol–water partition coefficient (Wildman–Crippen LogP) is 3.98. The van der Waals surface area contributed by atoms with Crippen molar-refractivity contribution >= 4 is 11.6 Å². The first-order chi connectivity index (χ1) is 5.75. The number of halogens is 5. The second kappa shape index (κ2) is 4.65. The van der Waals surface area contributed by atoms with Gasteiger partial charge in [0.2, 0.25) is 0 Å². The smallest absolute Gasteiger partial charge is 0.205 e. The van der Waals surface area contributed by atoms with Crippen molar-refractivity contribution in [2.75, 3.05) is 0 Å². The molecule has 0 aromatic carbocycles. The van der Waals surface area contributed by atoms with Crippen LogP contribution in [-0.4, -0.2) is 11.8 Å². The molecule has 0 fully saturated rings. The molecule has 0 saturated heterocycles. The first-order valence-corrected chi connectivity index (χ1v) is 3.83. The first-order valence-electron chi connectivity index (χ1n) is 3.45. The number of rotatable bonds is 3. The van der Waals surface area contributed by atoms with Gasteiger partial charge >= 0.3 is 5.38 Å². The van der Waals surface area contributed by atoms with Crippen molar-refractivity contribution in [1.29, 1.82) is 0 Å². The lowest BCUT2D eigenvalue weighted by Crippen LogP contribution is -2.16. The minimum Gasteiger partial charge on any atom is -0.205 e. The van der Waals surface area contributed by atoms with E-state index in [1.54, 1.807) is 13.8 Å². The van der Waals surface area contributed by atoms with Crippen LogP contribution in [0.1, 0.15) is 13.8 Å². The Morgan fingerprint density at radius 2 is 1.69 bits per heavy atom. The molecule has 0 saturated carbocycles. The van der Waals surface area contributed by atoms with Gasteiger partial charge in [0.1, 0.15) is 0 Å². The van der Waals surface area contributed by atoms with Gasteiger partial charge in [-0.15, -0.1) is 0 Å². The Morgan fingerprint density at radius 1 is 1.23 bits per heavy atom. The second-order valence-electron chi connectivity index (χ2n) is 2.66. The van der Waals surface area contributed by atoms with Crippen LogP contribution in [0.4, 0.5) is 17.6 Å². The van der Waals surface area contributed by atoms with Gasteiger partial charge in [-0.1, -0.05) is 17.7 Å². The molecule has 0 radical (unpaired) electrons. The highest BCUT2D eigenvalue weighted by Crippen LogP contribution is 2.32. The number of hydrogen-bond donors (Lipinski definition) is 0. The lowest BCUT2D eigenvalue weighted by molar-refractivity contribution is 0.0804. The van der Waals surface area contributed by atoms with E-state index in [0.717, 1.165) is 6.08 Å². The average Bonchev–Trinajstić information content (AvgIpc) is 1.81. The SMILES string of the molecule is CC(C)=CC=C(C(F)F)C(F)(F)Cl.